The zero-order valence-electron chi connectivity index (χ0n) is 7.50. The fourth-order valence-electron chi connectivity index (χ4n) is 1.47. The second kappa shape index (κ2) is 3.50. The summed E-state index contributed by atoms with van der Waals surface area (Å²) in [5.74, 6) is 1.50. The SMILES string of the molecule is CCC1CC1Nc1nccnc1Cl. The summed E-state index contributed by atoms with van der Waals surface area (Å²) in [7, 11) is 0. The summed E-state index contributed by atoms with van der Waals surface area (Å²) in [5, 5.41) is 3.74. The molecule has 1 saturated carbocycles. The van der Waals surface area contributed by atoms with Gasteiger partial charge in [-0.1, -0.05) is 24.9 Å². The summed E-state index contributed by atoms with van der Waals surface area (Å²) in [5.41, 5.74) is 0. The molecule has 0 radical (unpaired) electrons. The van der Waals surface area contributed by atoms with Gasteiger partial charge >= 0.3 is 0 Å². The Morgan fingerprint density at radius 3 is 2.92 bits per heavy atom. The van der Waals surface area contributed by atoms with Crippen LogP contribution in [0.25, 0.3) is 0 Å². The van der Waals surface area contributed by atoms with Gasteiger partial charge in [-0.3, -0.25) is 0 Å². The molecule has 1 N–H and O–H groups in total. The molecule has 1 fully saturated rings. The minimum Gasteiger partial charge on any atom is -0.364 e. The Kier molecular flexibility index (Phi) is 2.36. The predicted octanol–water partition coefficient (Wildman–Crippen LogP) is 2.34. The highest BCUT2D eigenvalue weighted by Crippen LogP contribution is 2.36. The van der Waals surface area contributed by atoms with Gasteiger partial charge in [0.2, 0.25) is 0 Å². The summed E-state index contributed by atoms with van der Waals surface area (Å²) in [6, 6.07) is 0.555. The second-order valence-corrected chi connectivity index (χ2v) is 3.71. The molecule has 1 aromatic heterocycles. The fraction of sp³-hybridized carbons (Fsp3) is 0.556. The highest BCUT2D eigenvalue weighted by Gasteiger charge is 2.35. The number of aromatic nitrogens is 2. The average molecular weight is 198 g/mol. The monoisotopic (exact) mass is 197 g/mol. The summed E-state index contributed by atoms with van der Waals surface area (Å²) < 4.78 is 0. The van der Waals surface area contributed by atoms with Crippen LogP contribution in [0.2, 0.25) is 5.15 Å². The standard InChI is InChI=1S/C9H12ClN3/c1-2-6-5-7(6)13-9-8(10)11-3-4-12-9/h3-4,6-7H,2,5H2,1H3,(H,12,13). The molecule has 70 valence electrons. The smallest absolute Gasteiger partial charge is 0.171 e. The molecule has 1 heterocycles. The quantitative estimate of drug-likeness (QED) is 0.809. The van der Waals surface area contributed by atoms with Gasteiger partial charge in [0.1, 0.15) is 0 Å². The van der Waals surface area contributed by atoms with Crippen LogP contribution in [0.15, 0.2) is 12.4 Å². The van der Waals surface area contributed by atoms with Gasteiger partial charge in [-0.05, 0) is 12.3 Å². The first-order valence-corrected chi connectivity index (χ1v) is 4.92. The molecule has 13 heavy (non-hydrogen) atoms. The number of rotatable bonds is 3. The van der Waals surface area contributed by atoms with Crippen molar-refractivity contribution in [3.8, 4) is 0 Å². The van der Waals surface area contributed by atoms with Gasteiger partial charge in [-0.2, -0.15) is 0 Å². The molecule has 0 spiro atoms. The largest absolute Gasteiger partial charge is 0.364 e. The van der Waals surface area contributed by atoms with Crippen LogP contribution in [0, 0.1) is 5.92 Å². The molecule has 2 unspecified atom stereocenters. The van der Waals surface area contributed by atoms with Crippen LogP contribution in [0.5, 0.6) is 0 Å². The molecule has 0 bridgehead atoms. The molecule has 3 nitrogen and oxygen atoms in total. The summed E-state index contributed by atoms with van der Waals surface area (Å²) in [4.78, 5) is 8.07. The van der Waals surface area contributed by atoms with Crippen LogP contribution >= 0.6 is 11.6 Å². The molecule has 1 aromatic rings. The van der Waals surface area contributed by atoms with Crippen molar-refractivity contribution in [3.63, 3.8) is 0 Å². The van der Waals surface area contributed by atoms with E-state index in [4.69, 9.17) is 11.6 Å². The van der Waals surface area contributed by atoms with Crippen molar-refractivity contribution < 1.29 is 0 Å². The maximum atomic E-state index is 5.85. The lowest BCUT2D eigenvalue weighted by atomic mass is 10.3. The van der Waals surface area contributed by atoms with Crippen LogP contribution in [-0.2, 0) is 0 Å². The highest BCUT2D eigenvalue weighted by molar-refractivity contribution is 6.31. The van der Waals surface area contributed by atoms with Crippen molar-refractivity contribution in [3.05, 3.63) is 17.5 Å². The molecule has 0 aliphatic heterocycles. The average Bonchev–Trinajstić information content (AvgIpc) is 2.88. The number of nitrogens with one attached hydrogen (secondary N) is 1. The van der Waals surface area contributed by atoms with Gasteiger partial charge in [0, 0.05) is 18.4 Å². The Balaban J connectivity index is 1.99. The molecule has 4 heteroatoms. The van der Waals surface area contributed by atoms with Crippen LogP contribution in [0.4, 0.5) is 5.82 Å². The number of hydrogen-bond acceptors (Lipinski definition) is 3. The third kappa shape index (κ3) is 1.91. The lowest BCUT2D eigenvalue weighted by Crippen LogP contribution is -2.06. The van der Waals surface area contributed by atoms with E-state index >= 15 is 0 Å². The van der Waals surface area contributed by atoms with E-state index in [9.17, 15) is 0 Å². The van der Waals surface area contributed by atoms with Crippen molar-refractivity contribution in [1.29, 1.82) is 0 Å². The van der Waals surface area contributed by atoms with E-state index in [-0.39, 0.29) is 0 Å². The maximum absolute atomic E-state index is 5.85. The van der Waals surface area contributed by atoms with E-state index in [2.05, 4.69) is 22.2 Å². The summed E-state index contributed by atoms with van der Waals surface area (Å²) in [6.07, 6.45) is 5.69. The number of hydrogen-bond donors (Lipinski definition) is 1. The molecular weight excluding hydrogens is 186 g/mol. The molecule has 0 saturated heterocycles. The highest BCUT2D eigenvalue weighted by atomic mass is 35.5. The normalized spacial score (nSPS) is 25.7. The Hall–Kier alpha value is -0.830. The zero-order valence-corrected chi connectivity index (χ0v) is 8.25. The van der Waals surface area contributed by atoms with Crippen molar-refractivity contribution >= 4 is 17.4 Å². The topological polar surface area (TPSA) is 37.8 Å². The summed E-state index contributed by atoms with van der Waals surface area (Å²) >= 11 is 5.85. The van der Waals surface area contributed by atoms with Gasteiger partial charge in [0.05, 0.1) is 0 Å². The first-order valence-electron chi connectivity index (χ1n) is 4.54. The van der Waals surface area contributed by atoms with E-state index in [0.717, 1.165) is 5.92 Å². The Morgan fingerprint density at radius 2 is 2.31 bits per heavy atom. The van der Waals surface area contributed by atoms with Gasteiger partial charge in [-0.25, -0.2) is 9.97 Å². The van der Waals surface area contributed by atoms with E-state index in [1.54, 1.807) is 12.4 Å². The lowest BCUT2D eigenvalue weighted by Gasteiger charge is -2.04. The minimum absolute atomic E-state index is 0.462. The van der Waals surface area contributed by atoms with Gasteiger partial charge in [0.25, 0.3) is 0 Å². The van der Waals surface area contributed by atoms with Gasteiger partial charge in [-0.15, -0.1) is 0 Å². The van der Waals surface area contributed by atoms with Crippen molar-refractivity contribution in [1.82, 2.24) is 9.97 Å². The second-order valence-electron chi connectivity index (χ2n) is 3.35. The third-order valence-corrected chi connectivity index (χ3v) is 2.70. The molecule has 2 atom stereocenters. The Bertz CT molecular complexity index is 303. The van der Waals surface area contributed by atoms with E-state index in [0.29, 0.717) is 17.0 Å². The van der Waals surface area contributed by atoms with E-state index in [1.165, 1.54) is 12.8 Å². The summed E-state index contributed by atoms with van der Waals surface area (Å²) in [6.45, 7) is 2.20. The molecular formula is C9H12ClN3. The zero-order chi connectivity index (χ0) is 9.26. The third-order valence-electron chi connectivity index (χ3n) is 2.42. The number of halogens is 1. The first kappa shape index (κ1) is 8.75. The molecule has 1 aliphatic rings. The Labute approximate surface area is 82.5 Å². The van der Waals surface area contributed by atoms with Crippen LogP contribution < -0.4 is 5.32 Å². The van der Waals surface area contributed by atoms with Gasteiger partial charge in [0.15, 0.2) is 11.0 Å². The predicted molar refractivity (Wildman–Crippen MR) is 52.9 cm³/mol. The minimum atomic E-state index is 0.462. The van der Waals surface area contributed by atoms with Crippen molar-refractivity contribution in [2.24, 2.45) is 5.92 Å². The fourth-order valence-corrected chi connectivity index (χ4v) is 1.63. The molecule has 2 rings (SSSR count). The van der Waals surface area contributed by atoms with Crippen LogP contribution in [0.1, 0.15) is 19.8 Å². The van der Waals surface area contributed by atoms with Crippen molar-refractivity contribution in [2.75, 3.05) is 5.32 Å². The van der Waals surface area contributed by atoms with Gasteiger partial charge < -0.3 is 5.32 Å². The maximum Gasteiger partial charge on any atom is 0.171 e. The van der Waals surface area contributed by atoms with Crippen LogP contribution in [-0.4, -0.2) is 16.0 Å². The Morgan fingerprint density at radius 1 is 1.54 bits per heavy atom. The molecule has 0 amide bonds. The van der Waals surface area contributed by atoms with Crippen LogP contribution in [0.3, 0.4) is 0 Å². The molecule has 1 aliphatic carbocycles. The van der Waals surface area contributed by atoms with Crippen molar-refractivity contribution in [2.45, 2.75) is 25.8 Å². The van der Waals surface area contributed by atoms with E-state index in [1.807, 2.05) is 0 Å². The first-order chi connectivity index (χ1) is 6.31. The number of anilines is 1. The lowest BCUT2D eigenvalue weighted by molar-refractivity contribution is 0.773. The van der Waals surface area contributed by atoms with E-state index < -0.39 is 0 Å². The number of nitrogens with zero attached hydrogens (tertiary/aromatic N) is 2. The molecule has 0 aromatic carbocycles.